The number of carbonyl (C=O) groups is 2. The molecule has 8 heteroatoms. The first-order valence-corrected chi connectivity index (χ1v) is 12.2. The number of fused-ring (bicyclic) bond motifs is 1. The summed E-state index contributed by atoms with van der Waals surface area (Å²) in [5.41, 5.74) is 4.40. The molecule has 2 heterocycles. The number of benzene rings is 3. The van der Waals surface area contributed by atoms with Crippen molar-refractivity contribution < 1.29 is 19.1 Å². The van der Waals surface area contributed by atoms with Crippen LogP contribution in [-0.2, 0) is 6.54 Å². The van der Waals surface area contributed by atoms with Gasteiger partial charge in [0.1, 0.15) is 0 Å². The molecule has 1 saturated heterocycles. The number of nitrogens with one attached hydrogen (secondary N) is 2. The van der Waals surface area contributed by atoms with Gasteiger partial charge in [-0.25, -0.2) is 9.59 Å². The molecule has 0 aliphatic carbocycles. The largest absolute Gasteiger partial charge is 0.454 e. The zero-order chi connectivity index (χ0) is 25.1. The first-order valence-electron chi connectivity index (χ1n) is 12.2. The standard InChI is InChI=1S/C28H30N4O4/c1-19(2)21-5-7-22(8-6-21)29-27(33)30-23-9-11-24(12-10-23)32-15-3-14-31(28(32)34)17-20-4-13-25-26(16-20)36-18-35-25/h4-13,16,19H,3,14-15,17-18H2,1-2H3,(H2,29,30,33). The minimum Gasteiger partial charge on any atom is -0.454 e. The van der Waals surface area contributed by atoms with Crippen LogP contribution in [0.25, 0.3) is 0 Å². The summed E-state index contributed by atoms with van der Waals surface area (Å²) >= 11 is 0. The van der Waals surface area contributed by atoms with Gasteiger partial charge in [0.2, 0.25) is 6.79 Å². The molecular formula is C28H30N4O4. The average Bonchev–Trinajstić information content (AvgIpc) is 3.34. The molecule has 0 atom stereocenters. The lowest BCUT2D eigenvalue weighted by Crippen LogP contribution is -2.49. The van der Waals surface area contributed by atoms with Gasteiger partial charge >= 0.3 is 12.1 Å². The summed E-state index contributed by atoms with van der Waals surface area (Å²) in [7, 11) is 0. The van der Waals surface area contributed by atoms with Gasteiger partial charge in [0.05, 0.1) is 0 Å². The fourth-order valence-corrected chi connectivity index (χ4v) is 4.40. The fraction of sp³-hybridized carbons (Fsp3) is 0.286. The summed E-state index contributed by atoms with van der Waals surface area (Å²) in [6, 6.07) is 20.6. The summed E-state index contributed by atoms with van der Waals surface area (Å²) in [6.07, 6.45) is 0.869. The quantitative estimate of drug-likeness (QED) is 0.447. The number of carbonyl (C=O) groups excluding carboxylic acids is 2. The van der Waals surface area contributed by atoms with Crippen molar-refractivity contribution in [3.05, 3.63) is 77.9 Å². The first kappa shape index (κ1) is 23.5. The Balaban J connectivity index is 1.18. The van der Waals surface area contributed by atoms with E-state index in [1.165, 1.54) is 5.56 Å². The van der Waals surface area contributed by atoms with Crippen LogP contribution in [0.5, 0.6) is 11.5 Å². The van der Waals surface area contributed by atoms with Gasteiger partial charge in [0, 0.05) is 36.7 Å². The molecule has 0 bridgehead atoms. The zero-order valence-electron chi connectivity index (χ0n) is 20.5. The van der Waals surface area contributed by atoms with E-state index in [-0.39, 0.29) is 18.9 Å². The minimum absolute atomic E-state index is 0.0396. The van der Waals surface area contributed by atoms with E-state index in [9.17, 15) is 9.59 Å². The van der Waals surface area contributed by atoms with Gasteiger partial charge in [-0.15, -0.1) is 0 Å². The van der Waals surface area contributed by atoms with Gasteiger partial charge in [-0.3, -0.25) is 4.90 Å². The highest BCUT2D eigenvalue weighted by atomic mass is 16.7. The Morgan fingerprint density at radius 2 is 1.56 bits per heavy atom. The summed E-state index contributed by atoms with van der Waals surface area (Å²) in [5, 5.41) is 5.69. The lowest BCUT2D eigenvalue weighted by molar-refractivity contribution is 0.173. The molecule has 2 aliphatic heterocycles. The maximum absolute atomic E-state index is 13.2. The molecule has 0 spiro atoms. The molecule has 2 N–H and O–H groups in total. The second-order valence-electron chi connectivity index (χ2n) is 9.30. The van der Waals surface area contributed by atoms with Crippen LogP contribution in [0.1, 0.15) is 37.3 Å². The highest BCUT2D eigenvalue weighted by molar-refractivity contribution is 6.00. The number of amides is 4. The molecule has 2 aliphatic rings. The van der Waals surface area contributed by atoms with E-state index in [2.05, 4.69) is 24.5 Å². The van der Waals surface area contributed by atoms with E-state index >= 15 is 0 Å². The van der Waals surface area contributed by atoms with Gasteiger partial charge in [-0.1, -0.05) is 32.0 Å². The van der Waals surface area contributed by atoms with Crippen molar-refractivity contribution in [2.45, 2.75) is 32.7 Å². The third kappa shape index (κ3) is 5.22. The molecule has 4 amide bonds. The second kappa shape index (κ2) is 10.2. The maximum Gasteiger partial charge on any atom is 0.324 e. The molecular weight excluding hydrogens is 456 g/mol. The molecule has 186 valence electrons. The van der Waals surface area contributed by atoms with E-state index in [0.29, 0.717) is 37.0 Å². The molecule has 3 aromatic rings. The topological polar surface area (TPSA) is 83.1 Å². The maximum atomic E-state index is 13.2. The van der Waals surface area contributed by atoms with Crippen molar-refractivity contribution in [1.29, 1.82) is 0 Å². The molecule has 0 radical (unpaired) electrons. The van der Waals surface area contributed by atoms with Crippen molar-refractivity contribution in [3.8, 4) is 11.5 Å². The molecule has 0 aromatic heterocycles. The Morgan fingerprint density at radius 3 is 2.25 bits per heavy atom. The van der Waals surface area contributed by atoms with Crippen LogP contribution < -0.4 is 25.0 Å². The Morgan fingerprint density at radius 1 is 0.889 bits per heavy atom. The molecule has 5 rings (SSSR count). The van der Waals surface area contributed by atoms with Crippen molar-refractivity contribution in [2.24, 2.45) is 0 Å². The third-order valence-electron chi connectivity index (χ3n) is 6.39. The van der Waals surface area contributed by atoms with Crippen LogP contribution in [0.15, 0.2) is 66.7 Å². The van der Waals surface area contributed by atoms with Crippen LogP contribution in [0.2, 0.25) is 0 Å². The van der Waals surface area contributed by atoms with Crippen LogP contribution in [0.3, 0.4) is 0 Å². The van der Waals surface area contributed by atoms with Gasteiger partial charge in [0.15, 0.2) is 11.5 Å². The van der Waals surface area contributed by atoms with Gasteiger partial charge in [-0.05, 0) is 72.0 Å². The van der Waals surface area contributed by atoms with Crippen molar-refractivity contribution in [2.75, 3.05) is 35.4 Å². The predicted molar refractivity (Wildman–Crippen MR) is 140 cm³/mol. The molecule has 1 fully saturated rings. The highest BCUT2D eigenvalue weighted by Gasteiger charge is 2.27. The Labute approximate surface area is 210 Å². The Hall–Kier alpha value is -4.20. The van der Waals surface area contributed by atoms with Crippen LogP contribution in [-0.4, -0.2) is 36.8 Å². The van der Waals surface area contributed by atoms with Gasteiger partial charge in [-0.2, -0.15) is 0 Å². The number of hydrogen-bond acceptors (Lipinski definition) is 4. The summed E-state index contributed by atoms with van der Waals surface area (Å²) in [5.74, 6) is 1.89. The minimum atomic E-state index is -0.316. The molecule has 0 saturated carbocycles. The van der Waals surface area contributed by atoms with Crippen molar-refractivity contribution >= 4 is 29.1 Å². The summed E-state index contributed by atoms with van der Waals surface area (Å²) in [6.45, 7) is 6.34. The summed E-state index contributed by atoms with van der Waals surface area (Å²) in [4.78, 5) is 29.2. The van der Waals surface area contributed by atoms with Crippen LogP contribution in [0, 0.1) is 0 Å². The summed E-state index contributed by atoms with van der Waals surface area (Å²) < 4.78 is 10.8. The molecule has 8 nitrogen and oxygen atoms in total. The Bertz CT molecular complexity index is 1240. The van der Waals surface area contributed by atoms with Crippen LogP contribution in [0.4, 0.5) is 26.7 Å². The SMILES string of the molecule is CC(C)c1ccc(NC(=O)Nc2ccc(N3CCCN(Cc4ccc5c(c4)OCO5)C3=O)cc2)cc1. The third-order valence-corrected chi connectivity index (χ3v) is 6.39. The lowest BCUT2D eigenvalue weighted by Gasteiger charge is -2.35. The zero-order valence-corrected chi connectivity index (χ0v) is 20.5. The van der Waals surface area contributed by atoms with Crippen molar-refractivity contribution in [1.82, 2.24) is 4.90 Å². The van der Waals surface area contributed by atoms with Gasteiger partial charge in [0.25, 0.3) is 0 Å². The number of hydrogen-bond donors (Lipinski definition) is 2. The molecule has 0 unspecified atom stereocenters. The van der Waals surface area contributed by atoms with E-state index < -0.39 is 0 Å². The second-order valence-corrected chi connectivity index (χ2v) is 9.30. The first-order chi connectivity index (χ1) is 17.5. The number of ether oxygens (including phenoxy) is 2. The van der Waals surface area contributed by atoms with Crippen LogP contribution >= 0.6 is 0 Å². The number of rotatable bonds is 6. The number of anilines is 3. The fourth-order valence-electron chi connectivity index (χ4n) is 4.40. The van der Waals surface area contributed by atoms with E-state index in [4.69, 9.17) is 9.47 Å². The average molecular weight is 487 g/mol. The van der Waals surface area contributed by atoms with E-state index in [0.717, 1.165) is 29.1 Å². The Kier molecular flexibility index (Phi) is 6.66. The smallest absolute Gasteiger partial charge is 0.324 e. The van der Waals surface area contributed by atoms with E-state index in [1.54, 1.807) is 17.0 Å². The van der Waals surface area contributed by atoms with Crippen molar-refractivity contribution in [3.63, 3.8) is 0 Å². The molecule has 36 heavy (non-hydrogen) atoms. The van der Waals surface area contributed by atoms with E-state index in [1.807, 2.05) is 59.5 Å². The molecule has 3 aromatic carbocycles. The number of urea groups is 2. The normalized spacial score (nSPS) is 14.8. The lowest BCUT2D eigenvalue weighted by atomic mass is 10.0. The predicted octanol–water partition coefficient (Wildman–Crippen LogP) is 6.02. The number of nitrogens with zero attached hydrogens (tertiary/aromatic N) is 2. The monoisotopic (exact) mass is 486 g/mol. The highest BCUT2D eigenvalue weighted by Crippen LogP contribution is 2.33. The van der Waals surface area contributed by atoms with Gasteiger partial charge < -0.3 is 25.0 Å².